The molecule has 0 radical (unpaired) electrons. The molecule has 0 saturated heterocycles. The van der Waals surface area contributed by atoms with E-state index in [-0.39, 0.29) is 10.8 Å². The molecule has 0 spiro atoms. The van der Waals surface area contributed by atoms with E-state index >= 15 is 0 Å². The van der Waals surface area contributed by atoms with E-state index in [9.17, 15) is 14.7 Å². The second-order valence-corrected chi connectivity index (χ2v) is 9.39. The Morgan fingerprint density at radius 1 is 1.12 bits per heavy atom. The number of carboxylic acid groups (broad SMARTS) is 1. The fourth-order valence-electron chi connectivity index (χ4n) is 7.21. The van der Waals surface area contributed by atoms with E-state index in [1.54, 1.807) is 0 Å². The number of allylic oxidation sites excluding steroid dienone is 1. The van der Waals surface area contributed by atoms with Crippen LogP contribution < -0.4 is 0 Å². The minimum Gasteiger partial charge on any atom is -0.481 e. The number of carboxylic acids is 1. The molecule has 24 heavy (non-hydrogen) atoms. The lowest BCUT2D eigenvalue weighted by atomic mass is 9.47. The number of rotatable bonds is 2. The van der Waals surface area contributed by atoms with Crippen molar-refractivity contribution in [3.63, 3.8) is 0 Å². The standard InChI is InChI=1S/C21H30O3/c1-20-9-7-15(22)11-13(20)3-5-16-17-6-4-14(12-19(23)24)21(17,2)10-8-18(16)20/h11,14,16-18H,3-10,12H2,1-2H3,(H,23,24)/t14-,16+,17+,18+,20+,21-/m1/s1. The molecule has 4 aliphatic rings. The maximum Gasteiger partial charge on any atom is 0.303 e. The minimum absolute atomic E-state index is 0.224. The Morgan fingerprint density at radius 3 is 2.67 bits per heavy atom. The summed E-state index contributed by atoms with van der Waals surface area (Å²) in [5.41, 5.74) is 1.87. The van der Waals surface area contributed by atoms with Gasteiger partial charge in [0.25, 0.3) is 0 Å². The predicted octanol–water partition coefficient (Wildman–Crippen LogP) is 4.61. The molecule has 4 rings (SSSR count). The van der Waals surface area contributed by atoms with Gasteiger partial charge in [-0.3, -0.25) is 9.59 Å². The molecule has 0 amide bonds. The summed E-state index contributed by atoms with van der Waals surface area (Å²) in [5, 5.41) is 9.29. The number of aliphatic carboxylic acids is 1. The molecule has 132 valence electrons. The van der Waals surface area contributed by atoms with E-state index in [4.69, 9.17) is 0 Å². The summed E-state index contributed by atoms with van der Waals surface area (Å²) < 4.78 is 0. The first-order chi connectivity index (χ1) is 11.3. The van der Waals surface area contributed by atoms with Crippen molar-refractivity contribution in [3.8, 4) is 0 Å². The minimum atomic E-state index is -0.629. The van der Waals surface area contributed by atoms with E-state index in [0.717, 1.165) is 25.2 Å². The van der Waals surface area contributed by atoms with Gasteiger partial charge in [0.2, 0.25) is 0 Å². The molecular formula is C21H30O3. The van der Waals surface area contributed by atoms with Gasteiger partial charge in [0.1, 0.15) is 0 Å². The van der Waals surface area contributed by atoms with Crippen molar-refractivity contribution >= 4 is 11.8 Å². The van der Waals surface area contributed by atoms with Crippen LogP contribution in [0, 0.1) is 34.5 Å². The zero-order chi connectivity index (χ0) is 17.1. The van der Waals surface area contributed by atoms with Crippen molar-refractivity contribution in [2.45, 2.75) is 71.6 Å². The summed E-state index contributed by atoms with van der Waals surface area (Å²) in [4.78, 5) is 23.2. The topological polar surface area (TPSA) is 54.4 Å². The van der Waals surface area contributed by atoms with E-state index in [2.05, 4.69) is 13.8 Å². The van der Waals surface area contributed by atoms with Crippen LogP contribution in [0.1, 0.15) is 71.6 Å². The zero-order valence-corrected chi connectivity index (χ0v) is 15.0. The first-order valence-electron chi connectivity index (χ1n) is 9.80. The summed E-state index contributed by atoms with van der Waals surface area (Å²) in [6.45, 7) is 4.79. The van der Waals surface area contributed by atoms with Crippen molar-refractivity contribution in [1.82, 2.24) is 0 Å². The van der Waals surface area contributed by atoms with Gasteiger partial charge in [-0.1, -0.05) is 19.4 Å². The maximum absolute atomic E-state index is 11.9. The number of ketones is 1. The summed E-state index contributed by atoms with van der Waals surface area (Å²) in [5.74, 6) is 2.18. The van der Waals surface area contributed by atoms with Crippen LogP contribution in [0.4, 0.5) is 0 Å². The third-order valence-electron chi connectivity index (χ3n) is 8.58. The van der Waals surface area contributed by atoms with Gasteiger partial charge >= 0.3 is 5.97 Å². The van der Waals surface area contributed by atoms with Crippen LogP contribution in [0.25, 0.3) is 0 Å². The summed E-state index contributed by atoms with van der Waals surface area (Å²) in [7, 11) is 0. The molecule has 0 bridgehead atoms. The molecule has 0 heterocycles. The normalized spacial score (nSPS) is 47.4. The highest BCUT2D eigenvalue weighted by atomic mass is 16.4. The Balaban J connectivity index is 1.62. The summed E-state index contributed by atoms with van der Waals surface area (Å²) in [6, 6.07) is 0. The molecule has 0 aliphatic heterocycles. The van der Waals surface area contributed by atoms with Gasteiger partial charge in [-0.15, -0.1) is 0 Å². The average Bonchev–Trinajstić information content (AvgIpc) is 2.84. The quantitative estimate of drug-likeness (QED) is 0.804. The summed E-state index contributed by atoms with van der Waals surface area (Å²) >= 11 is 0. The van der Waals surface area contributed by atoms with Crippen LogP contribution in [-0.2, 0) is 9.59 Å². The van der Waals surface area contributed by atoms with Crippen LogP contribution in [-0.4, -0.2) is 16.9 Å². The highest BCUT2D eigenvalue weighted by Crippen LogP contribution is 2.66. The molecule has 0 aromatic rings. The van der Waals surface area contributed by atoms with Gasteiger partial charge in [-0.2, -0.15) is 0 Å². The van der Waals surface area contributed by atoms with Crippen molar-refractivity contribution < 1.29 is 14.7 Å². The summed E-state index contributed by atoms with van der Waals surface area (Å²) in [6.07, 6.45) is 11.0. The molecule has 0 aromatic heterocycles. The lowest BCUT2D eigenvalue weighted by Crippen LogP contribution is -2.50. The Hall–Kier alpha value is -1.12. The van der Waals surface area contributed by atoms with Crippen LogP contribution >= 0.6 is 0 Å². The fourth-order valence-corrected chi connectivity index (χ4v) is 7.21. The van der Waals surface area contributed by atoms with Gasteiger partial charge < -0.3 is 5.11 Å². The maximum atomic E-state index is 11.9. The van der Waals surface area contributed by atoms with E-state index in [0.29, 0.717) is 36.4 Å². The first kappa shape index (κ1) is 16.4. The highest BCUT2D eigenvalue weighted by molar-refractivity contribution is 5.91. The van der Waals surface area contributed by atoms with E-state index in [1.807, 2.05) is 6.08 Å². The van der Waals surface area contributed by atoms with Crippen molar-refractivity contribution in [2.24, 2.45) is 34.5 Å². The number of carbonyl (C=O) groups is 2. The predicted molar refractivity (Wildman–Crippen MR) is 92.5 cm³/mol. The molecule has 3 saturated carbocycles. The highest BCUT2D eigenvalue weighted by Gasteiger charge is 2.58. The number of hydrogen-bond acceptors (Lipinski definition) is 2. The largest absolute Gasteiger partial charge is 0.481 e. The molecule has 3 fully saturated rings. The van der Waals surface area contributed by atoms with Gasteiger partial charge in [0.05, 0.1) is 0 Å². The van der Waals surface area contributed by atoms with Crippen LogP contribution in [0.2, 0.25) is 0 Å². The Bertz CT molecular complexity index is 606. The first-order valence-corrected chi connectivity index (χ1v) is 9.80. The Labute approximate surface area is 144 Å². The SMILES string of the molecule is C[C@]12CC[C@H]3[C@@H](CCC4=CC(=O)CC[C@@]43C)[C@@H]1CC[C@@H]2CC(=O)O. The smallest absolute Gasteiger partial charge is 0.303 e. The number of fused-ring (bicyclic) bond motifs is 5. The zero-order valence-electron chi connectivity index (χ0n) is 15.0. The van der Waals surface area contributed by atoms with Gasteiger partial charge in [0, 0.05) is 12.8 Å². The molecule has 3 nitrogen and oxygen atoms in total. The monoisotopic (exact) mass is 330 g/mol. The van der Waals surface area contributed by atoms with Gasteiger partial charge in [-0.05, 0) is 85.5 Å². The molecule has 0 unspecified atom stereocenters. The molecule has 4 aliphatic carbocycles. The molecule has 3 heteroatoms. The molecule has 6 atom stereocenters. The van der Waals surface area contributed by atoms with Gasteiger partial charge in [0.15, 0.2) is 5.78 Å². The molecule has 1 N–H and O–H groups in total. The van der Waals surface area contributed by atoms with Crippen LogP contribution in [0.5, 0.6) is 0 Å². The molecule has 0 aromatic carbocycles. The van der Waals surface area contributed by atoms with Gasteiger partial charge in [-0.25, -0.2) is 0 Å². The number of carbonyl (C=O) groups excluding carboxylic acids is 1. The fraction of sp³-hybridized carbons (Fsp3) is 0.810. The third-order valence-corrected chi connectivity index (χ3v) is 8.58. The average molecular weight is 330 g/mol. The van der Waals surface area contributed by atoms with Crippen molar-refractivity contribution in [2.75, 3.05) is 0 Å². The van der Waals surface area contributed by atoms with Crippen molar-refractivity contribution in [1.29, 1.82) is 0 Å². The van der Waals surface area contributed by atoms with E-state index < -0.39 is 5.97 Å². The molecular weight excluding hydrogens is 300 g/mol. The van der Waals surface area contributed by atoms with Crippen molar-refractivity contribution in [3.05, 3.63) is 11.6 Å². The lowest BCUT2D eigenvalue weighted by molar-refractivity contribution is -0.140. The lowest BCUT2D eigenvalue weighted by Gasteiger charge is -2.58. The Kier molecular flexibility index (Phi) is 3.71. The Morgan fingerprint density at radius 2 is 1.92 bits per heavy atom. The number of hydrogen-bond donors (Lipinski definition) is 1. The second kappa shape index (κ2) is 5.44. The van der Waals surface area contributed by atoms with Crippen LogP contribution in [0.15, 0.2) is 11.6 Å². The third kappa shape index (κ3) is 2.23. The van der Waals surface area contributed by atoms with Crippen LogP contribution in [0.3, 0.4) is 0 Å². The second-order valence-electron chi connectivity index (χ2n) is 9.39. The van der Waals surface area contributed by atoms with E-state index in [1.165, 1.54) is 31.3 Å².